The summed E-state index contributed by atoms with van der Waals surface area (Å²) < 4.78 is 62.4. The van der Waals surface area contributed by atoms with Gasteiger partial charge in [0.25, 0.3) is 15.9 Å². The fourth-order valence-corrected chi connectivity index (χ4v) is 10.3. The van der Waals surface area contributed by atoms with Crippen molar-refractivity contribution in [2.45, 2.75) is 62.6 Å². The van der Waals surface area contributed by atoms with Crippen LogP contribution in [0.25, 0.3) is 16.6 Å². The minimum atomic E-state index is -4.49. The van der Waals surface area contributed by atoms with Gasteiger partial charge in [-0.15, -0.1) is 0 Å². The second kappa shape index (κ2) is 18.2. The maximum atomic E-state index is 15.6. The lowest BCUT2D eigenvalue weighted by atomic mass is 9.72. The molecular formula is C47H52Cl2FN7O6S. The van der Waals surface area contributed by atoms with Gasteiger partial charge in [-0.05, 0) is 91.1 Å². The first-order valence-electron chi connectivity index (χ1n) is 21.7. The van der Waals surface area contributed by atoms with Crippen LogP contribution in [-0.2, 0) is 14.8 Å². The highest BCUT2D eigenvalue weighted by atomic mass is 35.5. The Labute approximate surface area is 382 Å². The fourth-order valence-electron chi connectivity index (χ4n) is 8.94. The topological polar surface area (TPSA) is 142 Å². The smallest absolute Gasteiger partial charge is 0.268 e. The van der Waals surface area contributed by atoms with Gasteiger partial charge in [-0.25, -0.2) is 27.5 Å². The number of piperidine rings is 1. The number of piperazine rings is 1. The number of carbonyl (C=O) groups excluding carboxylic acids is 1. The molecule has 2 aromatic carbocycles. The molecule has 2 N–H and O–H groups in total. The first-order chi connectivity index (χ1) is 30.7. The van der Waals surface area contributed by atoms with Gasteiger partial charge < -0.3 is 24.1 Å². The van der Waals surface area contributed by atoms with E-state index in [1.54, 1.807) is 30.5 Å². The van der Waals surface area contributed by atoms with E-state index in [1.165, 1.54) is 22.9 Å². The summed E-state index contributed by atoms with van der Waals surface area (Å²) in [5, 5.41) is 1.40. The molecule has 0 radical (unpaired) electrons. The Balaban J connectivity index is 0.886. The zero-order valence-electron chi connectivity index (χ0n) is 35.9. The number of hydrogen-bond acceptors (Lipinski definition) is 11. The van der Waals surface area contributed by atoms with E-state index in [0.717, 1.165) is 80.3 Å². The van der Waals surface area contributed by atoms with Crippen LogP contribution in [0.15, 0.2) is 89.7 Å². The van der Waals surface area contributed by atoms with Crippen LogP contribution < -0.4 is 19.1 Å². The molecule has 64 heavy (non-hydrogen) atoms. The molecule has 3 fully saturated rings. The van der Waals surface area contributed by atoms with Gasteiger partial charge in [0.05, 0.1) is 37.2 Å². The molecule has 4 aliphatic rings. The molecule has 0 saturated carbocycles. The second-order valence-electron chi connectivity index (χ2n) is 18.1. The van der Waals surface area contributed by atoms with Crippen molar-refractivity contribution >= 4 is 61.4 Å². The van der Waals surface area contributed by atoms with Crippen molar-refractivity contribution in [2.75, 3.05) is 70.5 Å². The van der Waals surface area contributed by atoms with Gasteiger partial charge in [0.2, 0.25) is 5.88 Å². The van der Waals surface area contributed by atoms with Crippen LogP contribution in [0.1, 0.15) is 61.9 Å². The fraction of sp³-hybridized carbons (Fsp3) is 0.426. The summed E-state index contributed by atoms with van der Waals surface area (Å²) in [6, 6.07) is 18.4. The number of alkyl halides is 1. The van der Waals surface area contributed by atoms with Crippen molar-refractivity contribution in [1.29, 1.82) is 0 Å². The first kappa shape index (κ1) is 44.4. The number of H-pyrrole nitrogens is 1. The van der Waals surface area contributed by atoms with Gasteiger partial charge in [-0.1, -0.05) is 54.8 Å². The highest BCUT2D eigenvalue weighted by Gasteiger charge is 2.39. The van der Waals surface area contributed by atoms with Crippen LogP contribution in [0.5, 0.6) is 17.4 Å². The minimum absolute atomic E-state index is 0.00912. The molecular weight excluding hydrogens is 881 g/mol. The average molecular weight is 933 g/mol. The van der Waals surface area contributed by atoms with E-state index in [9.17, 15) is 13.2 Å². The third kappa shape index (κ3) is 10.0. The predicted octanol–water partition coefficient (Wildman–Crippen LogP) is 8.54. The van der Waals surface area contributed by atoms with E-state index in [4.69, 9.17) is 37.4 Å². The number of fused-ring (bicyclic) bond motifs is 1. The summed E-state index contributed by atoms with van der Waals surface area (Å²) in [4.78, 5) is 32.1. The Morgan fingerprint density at radius 2 is 1.72 bits per heavy atom. The van der Waals surface area contributed by atoms with E-state index in [1.807, 2.05) is 18.2 Å². The summed E-state index contributed by atoms with van der Waals surface area (Å²) >= 11 is 12.7. The van der Waals surface area contributed by atoms with Crippen LogP contribution in [0, 0.1) is 5.41 Å². The highest BCUT2D eigenvalue weighted by molar-refractivity contribution is 7.90. The number of allylic oxidation sites excluding steroid dienone is 1. The Kier molecular flexibility index (Phi) is 12.7. The highest BCUT2D eigenvalue weighted by Crippen LogP contribution is 2.43. The lowest BCUT2D eigenvalue weighted by molar-refractivity contribution is -0.0892. The van der Waals surface area contributed by atoms with Crippen LogP contribution in [0.3, 0.4) is 0 Å². The third-order valence-corrected chi connectivity index (χ3v) is 14.8. The molecule has 1 amide bonds. The molecule has 13 nitrogen and oxygen atoms in total. The summed E-state index contributed by atoms with van der Waals surface area (Å²) in [6.07, 6.45) is 8.11. The minimum Gasteiger partial charge on any atom is -0.473 e. The molecule has 1 aliphatic carbocycles. The molecule has 0 spiro atoms. The summed E-state index contributed by atoms with van der Waals surface area (Å²) in [7, 11) is -4.49. The van der Waals surface area contributed by atoms with E-state index in [-0.39, 0.29) is 52.0 Å². The van der Waals surface area contributed by atoms with Crippen molar-refractivity contribution in [3.8, 4) is 17.4 Å². The summed E-state index contributed by atoms with van der Waals surface area (Å²) in [5.41, 5.74) is 4.26. The second-order valence-corrected chi connectivity index (χ2v) is 20.6. The number of nitrogens with one attached hydrogen (secondary N) is 2. The maximum absolute atomic E-state index is 15.6. The van der Waals surface area contributed by atoms with Crippen molar-refractivity contribution in [3.05, 3.63) is 106 Å². The van der Waals surface area contributed by atoms with Crippen LogP contribution in [0.2, 0.25) is 10.0 Å². The molecule has 3 aliphatic heterocycles. The average Bonchev–Trinajstić information content (AvgIpc) is 3.73. The number of rotatable bonds is 13. The van der Waals surface area contributed by atoms with Gasteiger partial charge in [-0.2, -0.15) is 0 Å². The van der Waals surface area contributed by atoms with Crippen molar-refractivity contribution < 1.29 is 31.8 Å². The van der Waals surface area contributed by atoms with Crippen LogP contribution in [0.4, 0.5) is 10.1 Å². The van der Waals surface area contributed by atoms with E-state index < -0.39 is 21.6 Å². The predicted molar refractivity (Wildman–Crippen MR) is 246 cm³/mol. The number of hydrogen-bond donors (Lipinski definition) is 2. The Morgan fingerprint density at radius 3 is 2.44 bits per heavy atom. The molecule has 3 saturated heterocycles. The molecule has 0 bridgehead atoms. The number of nitrogens with zero attached hydrogens (tertiary/aromatic N) is 5. The number of anilines is 1. The molecule has 6 heterocycles. The first-order valence-corrected chi connectivity index (χ1v) is 24.0. The number of carbonyl (C=O) groups is 1. The summed E-state index contributed by atoms with van der Waals surface area (Å²) in [6.45, 7) is 10.9. The van der Waals surface area contributed by atoms with Gasteiger partial charge in [0.1, 0.15) is 39.3 Å². The number of aromatic amines is 1. The standard InChI is InChI=1S/C47H52Cl2FN7O6S/c1-46(2)11-9-33(40(24-46)31-3-5-34(48)6-4-31)27-55-17-19-57(20-18-55)35-7-8-39(42(22-35)63-37-21-32-10-14-51-43(32)52-25-37)44(58)54-64(59,60)38-23-41(49)45(53-26-38)62-30-47(50)12-15-56(16-13-47)36-28-61-29-36/h3-8,10,14,21-23,25-26,36H,9,11-13,15-20,24,27-30H2,1-2H3,(H,51,52)(H,54,58). The number of pyridine rings is 2. The SMILES string of the molecule is CC1(C)CCC(CN2CCN(c3ccc(C(=O)NS(=O)(=O)c4cnc(OCC5(F)CCN(C6COC6)CC5)c(Cl)c4)c(Oc4cnc5[nH]ccc5c4)c3)CC2)=C(c2ccc(Cl)cc2)C1. The van der Waals surface area contributed by atoms with Gasteiger partial charge in [0.15, 0.2) is 0 Å². The number of amides is 1. The molecule has 0 atom stereocenters. The lowest BCUT2D eigenvalue weighted by Crippen LogP contribution is -2.55. The molecule has 17 heteroatoms. The quantitative estimate of drug-likeness (QED) is 0.117. The van der Waals surface area contributed by atoms with Gasteiger partial charge >= 0.3 is 0 Å². The molecule has 338 valence electrons. The Bertz CT molecular complexity index is 2660. The molecule has 0 unspecified atom stereocenters. The number of aromatic nitrogens is 3. The zero-order valence-corrected chi connectivity index (χ0v) is 38.2. The number of ether oxygens (including phenoxy) is 3. The Morgan fingerprint density at radius 1 is 0.953 bits per heavy atom. The van der Waals surface area contributed by atoms with Gasteiger partial charge in [0, 0.05) is 74.2 Å². The van der Waals surface area contributed by atoms with E-state index in [2.05, 4.69) is 60.4 Å². The summed E-state index contributed by atoms with van der Waals surface area (Å²) in [5.74, 6) is -0.500. The van der Waals surface area contributed by atoms with Crippen LogP contribution in [-0.4, -0.2) is 116 Å². The van der Waals surface area contributed by atoms with Crippen molar-refractivity contribution in [2.24, 2.45) is 5.41 Å². The molecule has 9 rings (SSSR count). The largest absolute Gasteiger partial charge is 0.473 e. The maximum Gasteiger partial charge on any atom is 0.268 e. The monoisotopic (exact) mass is 931 g/mol. The third-order valence-electron chi connectivity index (χ3n) is 13.0. The Hall–Kier alpha value is -4.77. The van der Waals surface area contributed by atoms with E-state index >= 15 is 4.39 Å². The number of benzene rings is 2. The molecule has 5 aromatic rings. The van der Waals surface area contributed by atoms with Gasteiger partial charge in [-0.3, -0.25) is 14.6 Å². The number of halogens is 3. The zero-order chi connectivity index (χ0) is 44.6. The number of sulfonamides is 1. The van der Waals surface area contributed by atoms with Crippen LogP contribution >= 0.6 is 23.2 Å². The van der Waals surface area contributed by atoms with Crippen molar-refractivity contribution in [1.82, 2.24) is 29.5 Å². The number of likely N-dealkylation sites (tertiary alicyclic amines) is 1. The lowest BCUT2D eigenvalue weighted by Gasteiger charge is -2.43. The molecule has 3 aromatic heterocycles. The van der Waals surface area contributed by atoms with E-state index in [0.29, 0.717) is 43.7 Å². The van der Waals surface area contributed by atoms with Crippen molar-refractivity contribution in [3.63, 3.8) is 0 Å². The normalized spacial score (nSPS) is 19.7.